The van der Waals surface area contributed by atoms with Crippen LogP contribution in [0.15, 0.2) is 67.0 Å². The summed E-state index contributed by atoms with van der Waals surface area (Å²) in [5.41, 5.74) is 3.73. The maximum atomic E-state index is 12.7. The number of nitrogens with one attached hydrogen (secondary N) is 1. The molecule has 0 aliphatic rings. The van der Waals surface area contributed by atoms with Crippen LogP contribution in [0.1, 0.15) is 31.8 Å². The molecule has 0 aliphatic carbocycles. The standard InChI is InChI=1S/C23H18ClN3O2/c1-14-13-27(2)22-19(14)20(24)18(12-25-22)23(29)26-17-10-8-16(9-11-17)21(28)15-6-4-3-5-7-15/h3-13H,1-2H3,(H,26,29). The molecule has 5 nitrogen and oxygen atoms in total. The van der Waals surface area contributed by atoms with Gasteiger partial charge in [-0.1, -0.05) is 41.9 Å². The fourth-order valence-corrected chi connectivity index (χ4v) is 3.70. The van der Waals surface area contributed by atoms with Crippen molar-refractivity contribution in [3.63, 3.8) is 0 Å². The number of hydrogen-bond acceptors (Lipinski definition) is 3. The zero-order valence-electron chi connectivity index (χ0n) is 15.9. The van der Waals surface area contributed by atoms with Crippen LogP contribution in [0.3, 0.4) is 0 Å². The van der Waals surface area contributed by atoms with Gasteiger partial charge in [0.1, 0.15) is 5.65 Å². The van der Waals surface area contributed by atoms with Crippen molar-refractivity contribution >= 4 is 40.0 Å². The number of fused-ring (bicyclic) bond motifs is 1. The summed E-state index contributed by atoms with van der Waals surface area (Å²) in [5, 5.41) is 3.96. The van der Waals surface area contributed by atoms with Crippen LogP contribution in [0.25, 0.3) is 11.0 Å². The average molecular weight is 404 g/mol. The summed E-state index contributed by atoms with van der Waals surface area (Å²) in [5.74, 6) is -0.421. The molecule has 1 N–H and O–H groups in total. The highest BCUT2D eigenvalue weighted by molar-refractivity contribution is 6.39. The van der Waals surface area contributed by atoms with Gasteiger partial charge in [0.05, 0.1) is 10.6 Å². The van der Waals surface area contributed by atoms with Gasteiger partial charge < -0.3 is 9.88 Å². The summed E-state index contributed by atoms with van der Waals surface area (Å²) in [7, 11) is 1.89. The number of anilines is 1. The Morgan fingerprint density at radius 1 is 1.00 bits per heavy atom. The lowest BCUT2D eigenvalue weighted by Crippen LogP contribution is -2.13. The van der Waals surface area contributed by atoms with E-state index in [1.807, 2.05) is 42.9 Å². The maximum absolute atomic E-state index is 12.7. The van der Waals surface area contributed by atoms with E-state index in [4.69, 9.17) is 11.6 Å². The maximum Gasteiger partial charge on any atom is 0.258 e. The van der Waals surface area contributed by atoms with E-state index < -0.39 is 0 Å². The van der Waals surface area contributed by atoms with E-state index in [0.717, 1.165) is 16.6 Å². The van der Waals surface area contributed by atoms with Crippen molar-refractivity contribution < 1.29 is 9.59 Å². The van der Waals surface area contributed by atoms with E-state index in [0.29, 0.717) is 27.4 Å². The molecule has 0 saturated carbocycles. The van der Waals surface area contributed by atoms with Crippen molar-refractivity contribution in [3.8, 4) is 0 Å². The minimum atomic E-state index is -0.352. The number of pyridine rings is 1. The third kappa shape index (κ3) is 3.52. The Kier molecular flexibility index (Phi) is 4.91. The lowest BCUT2D eigenvalue weighted by Gasteiger charge is -2.09. The van der Waals surface area contributed by atoms with Crippen LogP contribution >= 0.6 is 11.6 Å². The molecule has 144 valence electrons. The van der Waals surface area contributed by atoms with E-state index in [-0.39, 0.29) is 11.7 Å². The van der Waals surface area contributed by atoms with Crippen molar-refractivity contribution in [2.45, 2.75) is 6.92 Å². The highest BCUT2D eigenvalue weighted by atomic mass is 35.5. The lowest BCUT2D eigenvalue weighted by atomic mass is 10.0. The molecule has 0 radical (unpaired) electrons. The van der Waals surface area contributed by atoms with Crippen LogP contribution in [-0.2, 0) is 7.05 Å². The molecular weight excluding hydrogens is 386 g/mol. The fourth-order valence-electron chi connectivity index (χ4n) is 3.33. The number of rotatable bonds is 4. The highest BCUT2D eigenvalue weighted by Gasteiger charge is 2.18. The van der Waals surface area contributed by atoms with Crippen molar-refractivity contribution in [2.24, 2.45) is 7.05 Å². The Hall–Kier alpha value is -3.44. The molecule has 0 saturated heterocycles. The number of carbonyl (C=O) groups is 2. The van der Waals surface area contributed by atoms with Gasteiger partial charge in [-0.15, -0.1) is 0 Å². The Balaban J connectivity index is 1.56. The molecule has 2 heterocycles. The Morgan fingerprint density at radius 2 is 1.66 bits per heavy atom. The topological polar surface area (TPSA) is 64.0 Å². The third-order valence-corrected chi connectivity index (χ3v) is 5.19. The average Bonchev–Trinajstić information content (AvgIpc) is 3.03. The van der Waals surface area contributed by atoms with Crippen LogP contribution in [0.4, 0.5) is 5.69 Å². The molecule has 0 spiro atoms. The summed E-state index contributed by atoms with van der Waals surface area (Å²) < 4.78 is 1.88. The fraction of sp³-hybridized carbons (Fsp3) is 0.0870. The molecule has 4 aromatic rings. The van der Waals surface area contributed by atoms with Gasteiger partial charge in [-0.3, -0.25) is 9.59 Å². The molecule has 4 rings (SSSR count). The number of amides is 1. The summed E-state index contributed by atoms with van der Waals surface area (Å²) >= 11 is 6.50. The first-order valence-electron chi connectivity index (χ1n) is 9.07. The molecule has 0 unspecified atom stereocenters. The van der Waals surface area contributed by atoms with Crippen molar-refractivity contribution in [1.82, 2.24) is 9.55 Å². The van der Waals surface area contributed by atoms with Gasteiger partial charge in [-0.2, -0.15) is 0 Å². The largest absolute Gasteiger partial charge is 0.335 e. The van der Waals surface area contributed by atoms with E-state index in [1.54, 1.807) is 36.4 Å². The minimum Gasteiger partial charge on any atom is -0.335 e. The van der Waals surface area contributed by atoms with Crippen LogP contribution in [0, 0.1) is 6.92 Å². The van der Waals surface area contributed by atoms with Gasteiger partial charge in [0, 0.05) is 41.6 Å². The van der Waals surface area contributed by atoms with Crippen LogP contribution < -0.4 is 5.32 Å². The smallest absolute Gasteiger partial charge is 0.258 e. The second-order valence-corrected chi connectivity index (χ2v) is 7.21. The third-order valence-electron chi connectivity index (χ3n) is 4.80. The van der Waals surface area contributed by atoms with Gasteiger partial charge in [0.25, 0.3) is 5.91 Å². The first-order chi connectivity index (χ1) is 14.0. The molecule has 0 bridgehead atoms. The molecule has 2 aromatic heterocycles. The van der Waals surface area contributed by atoms with Crippen molar-refractivity contribution in [3.05, 3.63) is 94.3 Å². The number of ketones is 1. The summed E-state index contributed by atoms with van der Waals surface area (Å²) in [6, 6.07) is 15.8. The normalized spacial score (nSPS) is 10.9. The van der Waals surface area contributed by atoms with E-state index in [1.165, 1.54) is 6.20 Å². The second kappa shape index (κ2) is 7.53. The number of aromatic nitrogens is 2. The summed E-state index contributed by atoms with van der Waals surface area (Å²) in [6.07, 6.45) is 3.40. The molecule has 29 heavy (non-hydrogen) atoms. The van der Waals surface area contributed by atoms with Crippen LogP contribution in [0.5, 0.6) is 0 Å². The van der Waals surface area contributed by atoms with E-state index in [9.17, 15) is 9.59 Å². The number of nitrogens with zero attached hydrogens (tertiary/aromatic N) is 2. The zero-order valence-corrected chi connectivity index (χ0v) is 16.7. The summed E-state index contributed by atoms with van der Waals surface area (Å²) in [4.78, 5) is 29.6. The van der Waals surface area contributed by atoms with Crippen molar-refractivity contribution in [1.29, 1.82) is 0 Å². The van der Waals surface area contributed by atoms with Gasteiger partial charge in [-0.05, 0) is 36.8 Å². The Bertz CT molecular complexity index is 1230. The van der Waals surface area contributed by atoms with Gasteiger partial charge in [0.15, 0.2) is 5.78 Å². The predicted molar refractivity (Wildman–Crippen MR) is 115 cm³/mol. The Morgan fingerprint density at radius 3 is 2.34 bits per heavy atom. The van der Waals surface area contributed by atoms with Crippen molar-refractivity contribution in [2.75, 3.05) is 5.32 Å². The van der Waals surface area contributed by atoms with Gasteiger partial charge in [0.2, 0.25) is 0 Å². The molecular formula is C23H18ClN3O2. The highest BCUT2D eigenvalue weighted by Crippen LogP contribution is 2.30. The number of benzene rings is 2. The number of aryl methyl sites for hydroxylation is 2. The molecule has 2 aromatic carbocycles. The van der Waals surface area contributed by atoms with E-state index in [2.05, 4.69) is 10.3 Å². The van der Waals surface area contributed by atoms with Crippen LogP contribution in [-0.4, -0.2) is 21.2 Å². The second-order valence-electron chi connectivity index (χ2n) is 6.83. The monoisotopic (exact) mass is 403 g/mol. The predicted octanol–water partition coefficient (Wildman–Crippen LogP) is 5.02. The Labute approximate surface area is 173 Å². The van der Waals surface area contributed by atoms with E-state index >= 15 is 0 Å². The number of halogens is 1. The molecule has 0 aliphatic heterocycles. The van der Waals surface area contributed by atoms with Crippen LogP contribution in [0.2, 0.25) is 5.02 Å². The quantitative estimate of drug-likeness (QED) is 0.487. The van der Waals surface area contributed by atoms with Gasteiger partial charge in [-0.25, -0.2) is 4.98 Å². The zero-order chi connectivity index (χ0) is 20.5. The molecule has 6 heteroatoms. The first-order valence-corrected chi connectivity index (χ1v) is 9.45. The molecule has 0 fully saturated rings. The lowest BCUT2D eigenvalue weighted by molar-refractivity contribution is 0.102. The molecule has 1 amide bonds. The first kappa shape index (κ1) is 18.9. The SMILES string of the molecule is Cc1cn(C)c2ncc(C(=O)Nc3ccc(C(=O)c4ccccc4)cc3)c(Cl)c12. The molecule has 0 atom stereocenters. The minimum absolute atomic E-state index is 0.0688. The number of hydrogen-bond donors (Lipinski definition) is 1. The summed E-state index contributed by atoms with van der Waals surface area (Å²) in [6.45, 7) is 1.93. The number of carbonyl (C=O) groups excluding carboxylic acids is 2. The van der Waals surface area contributed by atoms with Gasteiger partial charge >= 0.3 is 0 Å².